The molecule has 15 heavy (non-hydrogen) atoms. The van der Waals surface area contributed by atoms with E-state index >= 15 is 0 Å². The first-order valence-electron chi connectivity index (χ1n) is 6.72. The zero-order valence-electron chi connectivity index (χ0n) is 9.91. The van der Waals surface area contributed by atoms with Gasteiger partial charge in [0.15, 0.2) is 0 Å². The van der Waals surface area contributed by atoms with Crippen LogP contribution < -0.4 is 5.32 Å². The quantitative estimate of drug-likeness (QED) is 0.732. The van der Waals surface area contributed by atoms with Crippen molar-refractivity contribution in [1.82, 2.24) is 5.32 Å². The van der Waals surface area contributed by atoms with Crippen LogP contribution in [-0.2, 0) is 0 Å². The van der Waals surface area contributed by atoms with Crippen LogP contribution in [-0.4, -0.2) is 23.3 Å². The molecule has 1 unspecified atom stereocenters. The van der Waals surface area contributed by atoms with Crippen molar-refractivity contribution in [1.29, 1.82) is 0 Å². The summed E-state index contributed by atoms with van der Waals surface area (Å²) in [7, 11) is 0. The maximum absolute atomic E-state index is 9.45. The van der Waals surface area contributed by atoms with E-state index in [1.165, 1.54) is 38.5 Å². The van der Waals surface area contributed by atoms with Gasteiger partial charge in [0.05, 0.1) is 6.10 Å². The molecule has 0 amide bonds. The summed E-state index contributed by atoms with van der Waals surface area (Å²) in [5, 5.41) is 13.2. The van der Waals surface area contributed by atoms with Gasteiger partial charge in [-0.25, -0.2) is 0 Å². The first-order chi connectivity index (χ1) is 7.28. The predicted octanol–water partition coefficient (Wildman–Crippen LogP) is 2.46. The van der Waals surface area contributed by atoms with Crippen molar-refractivity contribution in [3.8, 4) is 0 Å². The maximum Gasteiger partial charge on any atom is 0.0541 e. The van der Waals surface area contributed by atoms with E-state index < -0.39 is 0 Å². The second-order valence-corrected chi connectivity index (χ2v) is 5.46. The second kappa shape index (κ2) is 5.31. The highest BCUT2D eigenvalue weighted by Crippen LogP contribution is 2.34. The van der Waals surface area contributed by atoms with Crippen LogP contribution in [0.1, 0.15) is 58.3 Å². The third-order valence-corrected chi connectivity index (χ3v) is 3.98. The van der Waals surface area contributed by atoms with Crippen LogP contribution in [0.25, 0.3) is 0 Å². The first-order valence-corrected chi connectivity index (χ1v) is 6.72. The van der Waals surface area contributed by atoms with Crippen molar-refractivity contribution < 1.29 is 5.11 Å². The average molecular weight is 211 g/mol. The lowest BCUT2D eigenvalue weighted by Gasteiger charge is -2.30. The molecule has 2 saturated carbocycles. The second-order valence-electron chi connectivity index (χ2n) is 5.46. The monoisotopic (exact) mass is 211 g/mol. The molecule has 0 saturated heterocycles. The zero-order chi connectivity index (χ0) is 10.7. The Morgan fingerprint density at radius 1 is 1.13 bits per heavy atom. The lowest BCUT2D eigenvalue weighted by Crippen LogP contribution is -2.41. The standard InChI is InChI=1S/C13H25NO/c1-2-11(9-10-3-4-10)14-12-5-7-13(15)8-6-12/h10-15H,2-9H2,1H3. The van der Waals surface area contributed by atoms with Crippen molar-refractivity contribution in [2.24, 2.45) is 5.92 Å². The van der Waals surface area contributed by atoms with Gasteiger partial charge < -0.3 is 10.4 Å². The average Bonchev–Trinajstić information content (AvgIpc) is 3.04. The molecule has 0 radical (unpaired) electrons. The van der Waals surface area contributed by atoms with Gasteiger partial charge in [0.2, 0.25) is 0 Å². The van der Waals surface area contributed by atoms with Gasteiger partial charge in [-0.3, -0.25) is 0 Å². The van der Waals surface area contributed by atoms with Gasteiger partial charge in [-0.1, -0.05) is 19.8 Å². The number of nitrogens with one attached hydrogen (secondary N) is 1. The highest BCUT2D eigenvalue weighted by molar-refractivity contribution is 4.84. The number of rotatable bonds is 5. The molecule has 0 aromatic heterocycles. The Labute approximate surface area is 93.5 Å². The Kier molecular flexibility index (Phi) is 4.04. The Bertz CT molecular complexity index is 183. The van der Waals surface area contributed by atoms with Crippen molar-refractivity contribution in [2.75, 3.05) is 0 Å². The Morgan fingerprint density at radius 3 is 2.33 bits per heavy atom. The number of aliphatic hydroxyl groups excluding tert-OH is 1. The Balaban J connectivity index is 1.68. The fourth-order valence-electron chi connectivity index (χ4n) is 2.68. The number of hydrogen-bond acceptors (Lipinski definition) is 2. The number of aliphatic hydroxyl groups is 1. The minimum Gasteiger partial charge on any atom is -0.393 e. The van der Waals surface area contributed by atoms with E-state index in [2.05, 4.69) is 12.2 Å². The SMILES string of the molecule is CCC(CC1CC1)NC1CCC(O)CC1. The molecule has 0 heterocycles. The highest BCUT2D eigenvalue weighted by atomic mass is 16.3. The van der Waals surface area contributed by atoms with E-state index in [4.69, 9.17) is 0 Å². The molecular weight excluding hydrogens is 186 g/mol. The molecular formula is C13H25NO. The molecule has 0 spiro atoms. The molecule has 2 aliphatic carbocycles. The van der Waals surface area contributed by atoms with Crippen molar-refractivity contribution in [3.05, 3.63) is 0 Å². The predicted molar refractivity (Wildman–Crippen MR) is 62.8 cm³/mol. The molecule has 2 aliphatic rings. The molecule has 2 heteroatoms. The van der Waals surface area contributed by atoms with E-state index in [-0.39, 0.29) is 6.10 Å². The van der Waals surface area contributed by atoms with Crippen molar-refractivity contribution in [3.63, 3.8) is 0 Å². The largest absolute Gasteiger partial charge is 0.393 e. The summed E-state index contributed by atoms with van der Waals surface area (Å²) in [6, 6.07) is 1.41. The van der Waals surface area contributed by atoms with Crippen LogP contribution in [0.5, 0.6) is 0 Å². The summed E-state index contributed by atoms with van der Waals surface area (Å²) in [6.07, 6.45) is 9.88. The normalized spacial score (nSPS) is 34.0. The Morgan fingerprint density at radius 2 is 1.80 bits per heavy atom. The minimum atomic E-state index is -0.0217. The summed E-state index contributed by atoms with van der Waals surface area (Å²) in [5.41, 5.74) is 0. The van der Waals surface area contributed by atoms with Gasteiger partial charge in [0.1, 0.15) is 0 Å². The van der Waals surface area contributed by atoms with Crippen molar-refractivity contribution in [2.45, 2.75) is 76.5 Å². The zero-order valence-corrected chi connectivity index (χ0v) is 9.91. The lowest BCUT2D eigenvalue weighted by atomic mass is 9.92. The molecule has 88 valence electrons. The molecule has 2 rings (SSSR count). The molecule has 0 aromatic rings. The number of hydrogen-bond donors (Lipinski definition) is 2. The van der Waals surface area contributed by atoms with E-state index in [0.717, 1.165) is 24.8 Å². The molecule has 0 bridgehead atoms. The van der Waals surface area contributed by atoms with E-state index in [9.17, 15) is 5.11 Å². The summed E-state index contributed by atoms with van der Waals surface area (Å²) >= 11 is 0. The van der Waals surface area contributed by atoms with Crippen LogP contribution in [0.4, 0.5) is 0 Å². The topological polar surface area (TPSA) is 32.3 Å². The minimum absolute atomic E-state index is 0.0217. The first kappa shape index (κ1) is 11.4. The molecule has 0 aromatic carbocycles. The molecule has 2 fully saturated rings. The third kappa shape index (κ3) is 3.76. The smallest absolute Gasteiger partial charge is 0.0541 e. The maximum atomic E-state index is 9.45. The Hall–Kier alpha value is -0.0800. The summed E-state index contributed by atoms with van der Waals surface area (Å²) in [4.78, 5) is 0. The van der Waals surface area contributed by atoms with E-state index in [0.29, 0.717) is 6.04 Å². The molecule has 2 N–H and O–H groups in total. The van der Waals surface area contributed by atoms with Crippen LogP contribution in [0.3, 0.4) is 0 Å². The third-order valence-electron chi connectivity index (χ3n) is 3.98. The van der Waals surface area contributed by atoms with Gasteiger partial charge in [-0.15, -0.1) is 0 Å². The van der Waals surface area contributed by atoms with Gasteiger partial charge in [0, 0.05) is 12.1 Å². The summed E-state index contributed by atoms with van der Waals surface area (Å²) < 4.78 is 0. The summed E-state index contributed by atoms with van der Waals surface area (Å²) in [5.74, 6) is 1.02. The summed E-state index contributed by atoms with van der Waals surface area (Å²) in [6.45, 7) is 2.29. The molecule has 1 atom stereocenters. The molecule has 2 nitrogen and oxygen atoms in total. The van der Waals surface area contributed by atoms with Gasteiger partial charge in [-0.2, -0.15) is 0 Å². The van der Waals surface area contributed by atoms with Crippen LogP contribution >= 0.6 is 0 Å². The highest BCUT2D eigenvalue weighted by Gasteiger charge is 2.27. The van der Waals surface area contributed by atoms with Crippen LogP contribution in [0.15, 0.2) is 0 Å². The van der Waals surface area contributed by atoms with Crippen LogP contribution in [0.2, 0.25) is 0 Å². The van der Waals surface area contributed by atoms with Crippen LogP contribution in [0, 0.1) is 5.92 Å². The van der Waals surface area contributed by atoms with Gasteiger partial charge in [0.25, 0.3) is 0 Å². The van der Waals surface area contributed by atoms with E-state index in [1.807, 2.05) is 0 Å². The van der Waals surface area contributed by atoms with Gasteiger partial charge >= 0.3 is 0 Å². The lowest BCUT2D eigenvalue weighted by molar-refractivity contribution is 0.113. The molecule has 0 aliphatic heterocycles. The van der Waals surface area contributed by atoms with Gasteiger partial charge in [-0.05, 0) is 44.4 Å². The fraction of sp³-hybridized carbons (Fsp3) is 1.00. The van der Waals surface area contributed by atoms with E-state index in [1.54, 1.807) is 0 Å². The fourth-order valence-corrected chi connectivity index (χ4v) is 2.68. The van der Waals surface area contributed by atoms with Crippen molar-refractivity contribution >= 4 is 0 Å².